The zero-order chi connectivity index (χ0) is 55.4. The number of hydrogen-bond acceptors (Lipinski definition) is 8. The minimum Gasteiger partial charge on any atom is -0.744 e. The Bertz CT molecular complexity index is 3750. The Hall–Kier alpha value is -8.89. The molecular formula is C51H19F16O8S-. The van der Waals surface area contributed by atoms with Crippen molar-refractivity contribution in [3.63, 3.8) is 0 Å². The predicted molar refractivity (Wildman–Crippen MR) is 231 cm³/mol. The summed E-state index contributed by atoms with van der Waals surface area (Å²) in [5.41, 5.74) is -8.66. The Morgan fingerprint density at radius 2 is 0.711 bits per heavy atom. The van der Waals surface area contributed by atoms with Gasteiger partial charge in [0.05, 0.1) is 29.4 Å². The van der Waals surface area contributed by atoms with Crippen molar-refractivity contribution in [3.05, 3.63) is 190 Å². The van der Waals surface area contributed by atoms with Crippen molar-refractivity contribution in [2.24, 2.45) is 0 Å². The van der Waals surface area contributed by atoms with Gasteiger partial charge in [0.25, 0.3) is 0 Å². The van der Waals surface area contributed by atoms with E-state index in [0.717, 1.165) is 73.8 Å². The maximum atomic E-state index is 15.5. The molecule has 0 radical (unpaired) electrons. The third-order valence-corrected chi connectivity index (χ3v) is 11.6. The number of hydrogen-bond donors (Lipinski definition) is 0. The lowest BCUT2D eigenvalue weighted by atomic mass is 10.0. The van der Waals surface area contributed by atoms with E-state index in [2.05, 4.69) is 10.7 Å². The van der Waals surface area contributed by atoms with Gasteiger partial charge in [-0.15, -0.1) is 6.42 Å². The lowest BCUT2D eigenvalue weighted by Gasteiger charge is -2.18. The second-order valence-electron chi connectivity index (χ2n) is 15.2. The molecule has 0 aliphatic carbocycles. The molecule has 0 unspecified atom stereocenters. The molecule has 0 spiro atoms. The van der Waals surface area contributed by atoms with Crippen LogP contribution in [0.2, 0.25) is 0 Å². The van der Waals surface area contributed by atoms with Crippen molar-refractivity contribution in [1.82, 2.24) is 0 Å². The van der Waals surface area contributed by atoms with E-state index in [1.807, 2.05) is 0 Å². The van der Waals surface area contributed by atoms with Gasteiger partial charge in [-0.25, -0.2) is 43.5 Å². The Kier molecular flexibility index (Phi) is 14.4. The van der Waals surface area contributed by atoms with E-state index in [9.17, 15) is 13.0 Å². The van der Waals surface area contributed by atoms with E-state index in [4.69, 9.17) is 25.4 Å². The van der Waals surface area contributed by atoms with Gasteiger partial charge in [-0.2, -0.15) is 35.1 Å². The number of halogens is 16. The highest BCUT2D eigenvalue weighted by Crippen LogP contribution is 2.46. The summed E-state index contributed by atoms with van der Waals surface area (Å²) in [6.45, 7) is 0. The fourth-order valence-corrected chi connectivity index (χ4v) is 7.74. The summed E-state index contributed by atoms with van der Waals surface area (Å²) >= 11 is 0. The second kappa shape index (κ2) is 20.4. The van der Waals surface area contributed by atoms with Crippen LogP contribution < -0.4 is 23.7 Å². The molecule has 76 heavy (non-hydrogen) atoms. The average molecular weight is 1100 g/mol. The van der Waals surface area contributed by atoms with Gasteiger partial charge in [-0.1, -0.05) is 36.3 Å². The molecule has 8 aromatic rings. The smallest absolute Gasteiger partial charge is 0.205 e. The summed E-state index contributed by atoms with van der Waals surface area (Å²) in [6.07, 6.45) is 5.23. The van der Waals surface area contributed by atoms with Gasteiger partial charge in [-0.05, 0) is 65.7 Å². The zero-order valence-corrected chi connectivity index (χ0v) is 37.8. The summed E-state index contributed by atoms with van der Waals surface area (Å²) in [5.74, 6) is -49.2. The summed E-state index contributed by atoms with van der Waals surface area (Å²) < 4.78 is 304. The minimum absolute atomic E-state index is 0.102. The van der Waals surface area contributed by atoms with Crippen molar-refractivity contribution in [2.45, 2.75) is 4.90 Å². The maximum Gasteiger partial charge on any atom is 0.205 e. The lowest BCUT2D eigenvalue weighted by Crippen LogP contribution is -2.10. The number of methoxy groups -OCH3 is 1. The van der Waals surface area contributed by atoms with Gasteiger partial charge < -0.3 is 28.2 Å². The van der Waals surface area contributed by atoms with Gasteiger partial charge in [0.1, 0.15) is 43.8 Å². The first kappa shape index (κ1) is 53.4. The third kappa shape index (κ3) is 9.47. The van der Waals surface area contributed by atoms with Gasteiger partial charge in [0.2, 0.25) is 69.5 Å². The summed E-state index contributed by atoms with van der Waals surface area (Å²) in [5, 5.41) is 0. The van der Waals surface area contributed by atoms with Crippen molar-refractivity contribution < 1.29 is 107 Å². The van der Waals surface area contributed by atoms with E-state index in [1.165, 1.54) is 12.1 Å². The summed E-state index contributed by atoms with van der Waals surface area (Å²) in [7, 11) is -4.51. The molecule has 0 amide bonds. The highest BCUT2D eigenvalue weighted by molar-refractivity contribution is 7.85. The van der Waals surface area contributed by atoms with Crippen molar-refractivity contribution >= 4 is 10.1 Å². The van der Waals surface area contributed by atoms with Crippen LogP contribution >= 0.6 is 0 Å². The van der Waals surface area contributed by atoms with E-state index in [1.54, 1.807) is 0 Å². The molecule has 0 aromatic heterocycles. The minimum atomic E-state index is -5.53. The van der Waals surface area contributed by atoms with Crippen LogP contribution in [0.3, 0.4) is 0 Å². The van der Waals surface area contributed by atoms with Crippen LogP contribution in [0, 0.1) is 105 Å². The topological polar surface area (TPSA) is 103 Å². The van der Waals surface area contributed by atoms with E-state index in [0.29, 0.717) is 12.1 Å². The highest BCUT2D eigenvalue weighted by Gasteiger charge is 2.38. The van der Waals surface area contributed by atoms with E-state index < -0.39 is 176 Å². The van der Waals surface area contributed by atoms with Gasteiger partial charge in [0.15, 0.2) is 46.5 Å². The number of terminal acetylenes is 1. The second-order valence-corrected chi connectivity index (χ2v) is 16.6. The molecule has 390 valence electrons. The fourth-order valence-electron chi connectivity index (χ4n) is 7.12. The van der Waals surface area contributed by atoms with E-state index >= 15 is 70.2 Å². The van der Waals surface area contributed by atoms with Crippen LogP contribution in [0.5, 0.6) is 51.7 Å². The first-order valence-corrected chi connectivity index (χ1v) is 21.9. The lowest BCUT2D eigenvalue weighted by molar-refractivity contribution is 0.355. The third-order valence-electron chi connectivity index (χ3n) is 10.7. The molecule has 0 fully saturated rings. The molecule has 0 saturated carbocycles. The van der Waals surface area contributed by atoms with Crippen LogP contribution in [-0.4, -0.2) is 20.1 Å². The molecule has 8 nitrogen and oxygen atoms in total. The van der Waals surface area contributed by atoms with Crippen molar-refractivity contribution in [2.75, 3.05) is 7.11 Å². The predicted octanol–water partition coefficient (Wildman–Crippen LogP) is 15.0. The quantitative estimate of drug-likeness (QED) is 0.0487. The number of ether oxygens (including phenoxy) is 5. The zero-order valence-electron chi connectivity index (χ0n) is 37.0. The molecule has 0 aliphatic rings. The van der Waals surface area contributed by atoms with Crippen molar-refractivity contribution in [1.29, 1.82) is 0 Å². The molecule has 0 bridgehead atoms. The summed E-state index contributed by atoms with van der Waals surface area (Å²) in [4.78, 5) is -1.34. The van der Waals surface area contributed by atoms with Gasteiger partial charge in [0, 0.05) is 11.6 Å². The van der Waals surface area contributed by atoms with Crippen LogP contribution in [-0.2, 0) is 10.1 Å². The van der Waals surface area contributed by atoms with Crippen LogP contribution in [0.25, 0.3) is 33.4 Å². The largest absolute Gasteiger partial charge is 0.744 e. The van der Waals surface area contributed by atoms with Crippen LogP contribution in [0.1, 0.15) is 5.56 Å². The Morgan fingerprint density at radius 1 is 0.395 bits per heavy atom. The van der Waals surface area contributed by atoms with Crippen LogP contribution in [0.15, 0.2) is 95.9 Å². The average Bonchev–Trinajstić information content (AvgIpc) is 3.42. The summed E-state index contributed by atoms with van der Waals surface area (Å²) in [6, 6.07) is 15.0. The molecule has 0 heterocycles. The molecular weight excluding hydrogens is 1080 g/mol. The Morgan fingerprint density at radius 3 is 1.03 bits per heavy atom. The van der Waals surface area contributed by atoms with Crippen LogP contribution in [0.4, 0.5) is 70.2 Å². The number of benzene rings is 8. The maximum absolute atomic E-state index is 15.5. The molecule has 8 rings (SSSR count). The van der Waals surface area contributed by atoms with Crippen molar-refractivity contribution in [3.8, 4) is 97.5 Å². The van der Waals surface area contributed by atoms with Gasteiger partial charge >= 0.3 is 0 Å². The molecule has 25 heteroatoms. The monoisotopic (exact) mass is 1100 g/mol. The Labute approximate surface area is 415 Å². The standard InChI is InChI=1S/C51H20F16O8S/c1-3-19-5-4-6-25(17-19)74-50-44(64)36(56)29(37(57)45(50)65)28-32(52)40(60)48(41(61)33(28)53)72-22-11-7-20(8-12-22)21-9-13-23(14-10-21)73-49-42(62)34(54)30(35(55)43(49)63)31-38(58)46(66)51(47(67)39(31)59)75-26-16-15-24(71-2)18-27(26)76(68,69)70/h1,4-18H,2H3,(H,68,69,70)/p-1. The molecule has 0 atom stereocenters. The molecule has 0 N–H and O–H groups in total. The number of rotatable bonds is 13. The molecule has 8 aromatic carbocycles. The van der Waals surface area contributed by atoms with E-state index in [-0.39, 0.29) is 22.4 Å². The highest BCUT2D eigenvalue weighted by atomic mass is 32.2. The van der Waals surface area contributed by atoms with Gasteiger partial charge in [-0.3, -0.25) is 0 Å². The fraction of sp³-hybridized carbons (Fsp3) is 0.0196. The SMILES string of the molecule is C#Cc1cccc(Oc2c(F)c(F)c(-c3c(F)c(F)c(Oc4ccc(-c5ccc(Oc6c(F)c(F)c(-c7c(F)c(F)c(Oc8ccc(OC)cc8S(=O)(=O)[O-])c(F)c7F)c(F)c6F)cc5)cc4)c(F)c3F)c(F)c2F)c1. The Balaban J connectivity index is 1.01. The first-order chi connectivity index (χ1) is 35.9. The molecule has 0 saturated heterocycles. The normalized spacial score (nSPS) is 11.4. The first-order valence-electron chi connectivity index (χ1n) is 20.5. The molecule has 0 aliphatic heterocycles.